The molecule has 98 valence electrons. The summed E-state index contributed by atoms with van der Waals surface area (Å²) >= 11 is 0. The van der Waals surface area contributed by atoms with Crippen molar-refractivity contribution >= 4 is 8.80 Å². The van der Waals surface area contributed by atoms with Gasteiger partial charge in [0.1, 0.15) is 0 Å². The lowest BCUT2D eigenvalue weighted by Crippen LogP contribution is -2.46. The first kappa shape index (κ1) is 16.1. The third-order valence-electron chi connectivity index (χ3n) is 2.35. The number of hydrogen-bond donors (Lipinski definition) is 0. The Hall–Kier alpha value is 0.0969. The molecule has 0 saturated carbocycles. The van der Waals surface area contributed by atoms with Gasteiger partial charge < -0.3 is 13.3 Å². The van der Waals surface area contributed by atoms with Gasteiger partial charge in [-0.05, 0) is 20.3 Å². The molecule has 0 saturated heterocycles. The van der Waals surface area contributed by atoms with E-state index in [0.29, 0.717) is 13.2 Å². The monoisotopic (exact) mass is 248 g/mol. The summed E-state index contributed by atoms with van der Waals surface area (Å²) in [7, 11) is -2.35. The zero-order valence-corrected chi connectivity index (χ0v) is 12.4. The van der Waals surface area contributed by atoms with Crippen LogP contribution in [0.3, 0.4) is 0 Å². The van der Waals surface area contributed by atoms with Crippen LogP contribution in [0.5, 0.6) is 0 Å². The second-order valence-corrected chi connectivity index (χ2v) is 6.59. The summed E-state index contributed by atoms with van der Waals surface area (Å²) in [6.07, 6.45) is 4.60. The van der Waals surface area contributed by atoms with Gasteiger partial charge in [0.05, 0.1) is 0 Å². The molecule has 4 heteroatoms. The maximum absolute atomic E-state index is 5.95. The quantitative estimate of drug-likeness (QED) is 0.413. The standard InChI is InChI=1S/C12H28O3Si/c1-5-9-10-11-15-16(12-6-2,13-7-3)14-8-4/h5-12H2,1-4H3. The van der Waals surface area contributed by atoms with E-state index in [1.807, 2.05) is 13.8 Å². The highest BCUT2D eigenvalue weighted by molar-refractivity contribution is 6.60. The Morgan fingerprint density at radius 2 is 1.38 bits per heavy atom. The van der Waals surface area contributed by atoms with Crippen molar-refractivity contribution in [2.24, 2.45) is 0 Å². The second-order valence-electron chi connectivity index (χ2n) is 3.85. The fraction of sp³-hybridized carbons (Fsp3) is 1.00. The lowest BCUT2D eigenvalue weighted by Gasteiger charge is -2.28. The van der Waals surface area contributed by atoms with Crippen LogP contribution in [0.15, 0.2) is 0 Å². The number of rotatable bonds is 11. The Morgan fingerprint density at radius 1 is 0.750 bits per heavy atom. The highest BCUT2D eigenvalue weighted by Gasteiger charge is 2.39. The summed E-state index contributed by atoms with van der Waals surface area (Å²) in [5.41, 5.74) is 0. The Morgan fingerprint density at radius 3 is 1.81 bits per heavy atom. The zero-order valence-electron chi connectivity index (χ0n) is 11.4. The van der Waals surface area contributed by atoms with Crippen LogP contribution in [-0.4, -0.2) is 28.6 Å². The van der Waals surface area contributed by atoms with Gasteiger partial charge in [-0.1, -0.05) is 33.1 Å². The topological polar surface area (TPSA) is 27.7 Å². The molecule has 0 bridgehead atoms. The molecular formula is C12H28O3Si. The molecule has 16 heavy (non-hydrogen) atoms. The molecule has 0 aromatic carbocycles. The highest BCUT2D eigenvalue weighted by Crippen LogP contribution is 2.18. The van der Waals surface area contributed by atoms with Crippen molar-refractivity contribution in [2.75, 3.05) is 19.8 Å². The normalized spacial score (nSPS) is 12.0. The van der Waals surface area contributed by atoms with Gasteiger partial charge in [0.15, 0.2) is 0 Å². The maximum atomic E-state index is 5.95. The van der Waals surface area contributed by atoms with E-state index in [9.17, 15) is 0 Å². The molecule has 0 heterocycles. The Kier molecular flexibility index (Phi) is 10.3. The van der Waals surface area contributed by atoms with Gasteiger partial charge in [0.25, 0.3) is 0 Å². The largest absolute Gasteiger partial charge is 0.500 e. The van der Waals surface area contributed by atoms with E-state index >= 15 is 0 Å². The van der Waals surface area contributed by atoms with Gasteiger partial charge in [-0.15, -0.1) is 0 Å². The van der Waals surface area contributed by atoms with Gasteiger partial charge >= 0.3 is 8.80 Å². The number of unbranched alkanes of at least 4 members (excludes halogenated alkanes) is 2. The minimum absolute atomic E-state index is 0.681. The molecule has 0 aromatic rings. The van der Waals surface area contributed by atoms with E-state index in [-0.39, 0.29) is 0 Å². The molecule has 3 nitrogen and oxygen atoms in total. The molecule has 0 aliphatic heterocycles. The molecule has 0 spiro atoms. The molecule has 0 amide bonds. The Labute approximate surface area is 102 Å². The van der Waals surface area contributed by atoms with Gasteiger partial charge in [0.2, 0.25) is 0 Å². The third-order valence-corrected chi connectivity index (χ3v) is 5.57. The van der Waals surface area contributed by atoms with Crippen molar-refractivity contribution in [1.82, 2.24) is 0 Å². The Bertz CT molecular complexity index is 136. The van der Waals surface area contributed by atoms with Crippen molar-refractivity contribution < 1.29 is 13.3 Å². The molecule has 0 fully saturated rings. The van der Waals surface area contributed by atoms with Crippen LogP contribution >= 0.6 is 0 Å². The fourth-order valence-corrected chi connectivity index (χ4v) is 4.30. The fourth-order valence-electron chi connectivity index (χ4n) is 1.67. The van der Waals surface area contributed by atoms with Crippen molar-refractivity contribution in [2.45, 2.75) is 59.4 Å². The molecule has 0 N–H and O–H groups in total. The molecule has 0 atom stereocenters. The smallest absolute Gasteiger partial charge is 0.374 e. The highest BCUT2D eigenvalue weighted by atomic mass is 28.4. The molecule has 0 aliphatic carbocycles. The van der Waals surface area contributed by atoms with Crippen LogP contribution in [-0.2, 0) is 13.3 Å². The van der Waals surface area contributed by atoms with Gasteiger partial charge in [-0.2, -0.15) is 0 Å². The van der Waals surface area contributed by atoms with Crippen molar-refractivity contribution in [3.63, 3.8) is 0 Å². The molecule has 0 aliphatic rings. The third kappa shape index (κ3) is 6.63. The lowest BCUT2D eigenvalue weighted by molar-refractivity contribution is 0.0656. The van der Waals surface area contributed by atoms with Crippen LogP contribution in [0.2, 0.25) is 6.04 Å². The van der Waals surface area contributed by atoms with Crippen LogP contribution in [0, 0.1) is 0 Å². The first-order valence-electron chi connectivity index (χ1n) is 6.66. The van der Waals surface area contributed by atoms with Crippen LogP contribution in [0.1, 0.15) is 53.4 Å². The molecular weight excluding hydrogens is 220 g/mol. The van der Waals surface area contributed by atoms with E-state index in [1.54, 1.807) is 0 Å². The first-order chi connectivity index (χ1) is 7.74. The van der Waals surface area contributed by atoms with Crippen molar-refractivity contribution in [3.8, 4) is 0 Å². The summed E-state index contributed by atoms with van der Waals surface area (Å²) in [6.45, 7) is 10.5. The predicted molar refractivity (Wildman–Crippen MR) is 69.6 cm³/mol. The van der Waals surface area contributed by atoms with Crippen LogP contribution in [0.25, 0.3) is 0 Å². The van der Waals surface area contributed by atoms with E-state index in [0.717, 1.165) is 25.5 Å². The SMILES string of the molecule is CCCCCO[Si](CCC)(OCC)OCC. The molecule has 0 radical (unpaired) electrons. The molecule has 0 aromatic heterocycles. The Balaban J connectivity index is 4.12. The summed E-state index contributed by atoms with van der Waals surface area (Å²) in [5, 5.41) is 0. The maximum Gasteiger partial charge on any atom is 0.500 e. The van der Waals surface area contributed by atoms with E-state index < -0.39 is 8.80 Å². The van der Waals surface area contributed by atoms with E-state index in [1.165, 1.54) is 12.8 Å². The zero-order chi connectivity index (χ0) is 12.3. The van der Waals surface area contributed by atoms with Gasteiger partial charge in [0, 0.05) is 25.9 Å². The van der Waals surface area contributed by atoms with Gasteiger partial charge in [-0.3, -0.25) is 0 Å². The van der Waals surface area contributed by atoms with Crippen molar-refractivity contribution in [1.29, 1.82) is 0 Å². The summed E-state index contributed by atoms with van der Waals surface area (Å²) in [6, 6.07) is 0.931. The average Bonchev–Trinajstić information content (AvgIpc) is 2.26. The predicted octanol–water partition coefficient (Wildman–Crippen LogP) is 3.62. The summed E-state index contributed by atoms with van der Waals surface area (Å²) in [5.74, 6) is 0. The van der Waals surface area contributed by atoms with E-state index in [2.05, 4.69) is 13.8 Å². The lowest BCUT2D eigenvalue weighted by atomic mass is 10.3. The van der Waals surface area contributed by atoms with Gasteiger partial charge in [-0.25, -0.2) is 0 Å². The first-order valence-corrected chi connectivity index (χ1v) is 8.59. The average molecular weight is 248 g/mol. The van der Waals surface area contributed by atoms with Crippen molar-refractivity contribution in [3.05, 3.63) is 0 Å². The minimum Gasteiger partial charge on any atom is -0.374 e. The molecule has 0 rings (SSSR count). The summed E-state index contributed by atoms with van der Waals surface area (Å²) < 4.78 is 17.5. The summed E-state index contributed by atoms with van der Waals surface area (Å²) in [4.78, 5) is 0. The van der Waals surface area contributed by atoms with Crippen LogP contribution in [0.4, 0.5) is 0 Å². The van der Waals surface area contributed by atoms with E-state index in [4.69, 9.17) is 13.3 Å². The second kappa shape index (κ2) is 10.3. The molecule has 0 unspecified atom stereocenters. The van der Waals surface area contributed by atoms with Crippen LogP contribution < -0.4 is 0 Å². The minimum atomic E-state index is -2.35. The number of hydrogen-bond acceptors (Lipinski definition) is 3.